The van der Waals surface area contributed by atoms with Gasteiger partial charge in [0.05, 0.1) is 16.7 Å². The van der Waals surface area contributed by atoms with Crippen LogP contribution in [0.4, 0.5) is 17.1 Å². The summed E-state index contributed by atoms with van der Waals surface area (Å²) in [7, 11) is 0. The van der Waals surface area contributed by atoms with Crippen LogP contribution in [-0.2, 0) is 0 Å². The van der Waals surface area contributed by atoms with Gasteiger partial charge in [-0.25, -0.2) is 0 Å². The summed E-state index contributed by atoms with van der Waals surface area (Å²) in [6.45, 7) is 0. The Morgan fingerprint density at radius 3 is 1.72 bits per heavy atom. The Bertz CT molecular complexity index is 3560. The summed E-state index contributed by atoms with van der Waals surface area (Å²) in [6.07, 6.45) is 0. The lowest BCUT2D eigenvalue weighted by Crippen LogP contribution is -2.11. The fourth-order valence-electron chi connectivity index (χ4n) is 9.36. The number of hydrogen-bond acceptors (Lipinski definition) is 2. The second-order valence-corrected chi connectivity index (χ2v) is 15.7. The molecule has 0 spiro atoms. The largest absolute Gasteiger partial charge is 0.454 e. The lowest BCUT2D eigenvalue weighted by Gasteiger charge is -2.26. The molecule has 0 aliphatic carbocycles. The minimum Gasteiger partial charge on any atom is -0.454 e. The van der Waals surface area contributed by atoms with Crippen LogP contribution in [-0.4, -0.2) is 4.57 Å². The van der Waals surface area contributed by atoms with Crippen molar-refractivity contribution in [2.75, 3.05) is 4.90 Å². The summed E-state index contributed by atoms with van der Waals surface area (Å²) in [5, 5.41) is 7.16. The Balaban J connectivity index is 1.07. The zero-order valence-corrected chi connectivity index (χ0v) is 33.2. The average Bonchev–Trinajstić information content (AvgIpc) is 3.90. The lowest BCUT2D eigenvalue weighted by atomic mass is 9.95. The fourth-order valence-corrected chi connectivity index (χ4v) is 9.36. The molecule has 0 saturated heterocycles. The molecular weight excluding hydrogens is 741 g/mol. The molecule has 0 amide bonds. The van der Waals surface area contributed by atoms with Gasteiger partial charge in [-0.2, -0.15) is 0 Å². The van der Waals surface area contributed by atoms with Gasteiger partial charge in [0.1, 0.15) is 5.58 Å². The van der Waals surface area contributed by atoms with E-state index in [4.69, 9.17) is 4.42 Å². The van der Waals surface area contributed by atoms with Crippen molar-refractivity contribution in [2.24, 2.45) is 0 Å². The number of hydrogen-bond donors (Lipinski definition) is 0. The zero-order chi connectivity index (χ0) is 40.3. The van der Waals surface area contributed by atoms with Gasteiger partial charge in [0.25, 0.3) is 0 Å². The van der Waals surface area contributed by atoms with Gasteiger partial charge in [0.2, 0.25) is 0 Å². The second kappa shape index (κ2) is 14.3. The number of nitrogens with zero attached hydrogens (tertiary/aromatic N) is 2. The van der Waals surface area contributed by atoms with Crippen molar-refractivity contribution < 1.29 is 4.42 Å². The fraction of sp³-hybridized carbons (Fsp3) is 0. The third-order valence-electron chi connectivity index (χ3n) is 12.2. The summed E-state index contributed by atoms with van der Waals surface area (Å²) < 4.78 is 9.15. The van der Waals surface area contributed by atoms with E-state index in [2.05, 4.69) is 234 Å². The Hall–Kier alpha value is -8.14. The van der Waals surface area contributed by atoms with E-state index in [0.717, 1.165) is 55.7 Å². The van der Waals surface area contributed by atoms with Crippen molar-refractivity contribution in [1.29, 1.82) is 0 Å². The highest BCUT2D eigenvalue weighted by atomic mass is 16.3. The Morgan fingerprint density at radius 2 is 0.951 bits per heavy atom. The average molecular weight is 779 g/mol. The zero-order valence-electron chi connectivity index (χ0n) is 33.2. The van der Waals surface area contributed by atoms with Crippen LogP contribution in [0.3, 0.4) is 0 Å². The van der Waals surface area contributed by atoms with E-state index in [1.165, 1.54) is 54.9 Å². The van der Waals surface area contributed by atoms with Crippen LogP contribution >= 0.6 is 0 Å². The molecule has 2 aromatic heterocycles. The Morgan fingerprint density at radius 1 is 0.361 bits per heavy atom. The van der Waals surface area contributed by atoms with E-state index in [9.17, 15) is 0 Å². The Kier molecular flexibility index (Phi) is 8.17. The van der Waals surface area contributed by atoms with Crippen molar-refractivity contribution in [3.63, 3.8) is 0 Å². The monoisotopic (exact) mass is 778 g/mol. The molecule has 0 unspecified atom stereocenters. The Labute approximate surface area is 353 Å². The molecule has 3 heteroatoms. The van der Waals surface area contributed by atoms with E-state index < -0.39 is 0 Å². The van der Waals surface area contributed by atoms with Gasteiger partial charge >= 0.3 is 0 Å². The topological polar surface area (TPSA) is 21.3 Å². The SMILES string of the molecule is c1ccc(-c2ccc(-c3cccc4c3c3c5ccccc5ccc3n4-c3cccc(N(c4ccc(-c5ccccc5)cc4)c4cccc5c4oc4ccccc45)c3)cc2)cc1. The second-order valence-electron chi connectivity index (χ2n) is 15.7. The molecule has 0 bridgehead atoms. The van der Waals surface area contributed by atoms with E-state index in [1.54, 1.807) is 0 Å². The number of aromatic nitrogens is 1. The van der Waals surface area contributed by atoms with Gasteiger partial charge in [0, 0.05) is 38.6 Å². The molecule has 286 valence electrons. The lowest BCUT2D eigenvalue weighted by molar-refractivity contribution is 0.669. The van der Waals surface area contributed by atoms with Crippen molar-refractivity contribution >= 4 is 71.6 Å². The molecule has 3 nitrogen and oxygen atoms in total. The molecule has 0 atom stereocenters. The van der Waals surface area contributed by atoms with E-state index in [-0.39, 0.29) is 0 Å². The molecule has 12 rings (SSSR count). The molecule has 0 fully saturated rings. The van der Waals surface area contributed by atoms with Gasteiger partial charge in [-0.3, -0.25) is 0 Å². The van der Waals surface area contributed by atoms with Crippen LogP contribution in [0.5, 0.6) is 0 Å². The number of rotatable bonds is 7. The van der Waals surface area contributed by atoms with Crippen LogP contribution in [0.2, 0.25) is 0 Å². The molecule has 0 aliphatic heterocycles. The van der Waals surface area contributed by atoms with E-state index >= 15 is 0 Å². The van der Waals surface area contributed by atoms with Gasteiger partial charge in [-0.1, -0.05) is 176 Å². The van der Waals surface area contributed by atoms with E-state index in [1.807, 2.05) is 6.07 Å². The van der Waals surface area contributed by atoms with Crippen LogP contribution < -0.4 is 4.90 Å². The first-order valence-corrected chi connectivity index (χ1v) is 20.8. The quantitative estimate of drug-likeness (QED) is 0.161. The molecule has 10 aromatic carbocycles. The minimum atomic E-state index is 0.854. The molecule has 0 N–H and O–H groups in total. The van der Waals surface area contributed by atoms with Crippen LogP contribution in [0.25, 0.3) is 93.6 Å². The third-order valence-corrected chi connectivity index (χ3v) is 12.2. The number of benzene rings is 10. The predicted molar refractivity (Wildman–Crippen MR) is 257 cm³/mol. The van der Waals surface area contributed by atoms with E-state index in [0.29, 0.717) is 0 Å². The van der Waals surface area contributed by atoms with Crippen molar-refractivity contribution in [2.45, 2.75) is 0 Å². The molecule has 12 aromatic rings. The summed E-state index contributed by atoms with van der Waals surface area (Å²) >= 11 is 0. The third kappa shape index (κ3) is 5.82. The summed E-state index contributed by atoms with van der Waals surface area (Å²) in [5.74, 6) is 0. The van der Waals surface area contributed by atoms with Gasteiger partial charge in [-0.05, 0) is 98.8 Å². The van der Waals surface area contributed by atoms with Gasteiger partial charge < -0.3 is 13.9 Å². The number of fused-ring (bicyclic) bond motifs is 8. The highest BCUT2D eigenvalue weighted by Gasteiger charge is 2.22. The maximum absolute atomic E-state index is 6.70. The number of para-hydroxylation sites is 2. The van der Waals surface area contributed by atoms with Crippen LogP contribution in [0.15, 0.2) is 235 Å². The van der Waals surface area contributed by atoms with Crippen molar-refractivity contribution in [3.8, 4) is 39.1 Å². The van der Waals surface area contributed by atoms with Crippen LogP contribution in [0.1, 0.15) is 0 Å². The summed E-state index contributed by atoms with van der Waals surface area (Å²) in [6, 6.07) is 82.8. The molecule has 0 radical (unpaired) electrons. The molecule has 0 saturated carbocycles. The minimum absolute atomic E-state index is 0.854. The summed E-state index contributed by atoms with van der Waals surface area (Å²) in [5.41, 5.74) is 15.4. The first kappa shape index (κ1) is 34.9. The van der Waals surface area contributed by atoms with Crippen molar-refractivity contribution in [1.82, 2.24) is 4.57 Å². The highest BCUT2D eigenvalue weighted by Crippen LogP contribution is 2.45. The standard InChI is InChI=1S/C58H38N2O/c1-3-14-39(15-4-1)41-28-30-44(31-29-41)49-23-12-25-52-56(49)57-48-21-8-7-18-43(48)34-37-53(57)60(52)47-20-11-19-46(38-47)59(45-35-32-42(33-36-45)40-16-5-2-6-17-40)54-26-13-24-51-50-22-9-10-27-55(50)61-58(51)54/h1-38H. The highest BCUT2D eigenvalue weighted by molar-refractivity contribution is 6.25. The maximum atomic E-state index is 6.70. The van der Waals surface area contributed by atoms with Crippen molar-refractivity contribution in [3.05, 3.63) is 231 Å². The smallest absolute Gasteiger partial charge is 0.159 e. The van der Waals surface area contributed by atoms with Gasteiger partial charge in [0.15, 0.2) is 5.58 Å². The first-order chi connectivity index (χ1) is 30.3. The van der Waals surface area contributed by atoms with Gasteiger partial charge in [-0.15, -0.1) is 0 Å². The summed E-state index contributed by atoms with van der Waals surface area (Å²) in [4.78, 5) is 2.34. The maximum Gasteiger partial charge on any atom is 0.159 e. The molecular formula is C58H38N2O. The first-order valence-electron chi connectivity index (χ1n) is 20.8. The molecule has 61 heavy (non-hydrogen) atoms. The molecule has 2 heterocycles. The number of furan rings is 1. The number of anilines is 3. The normalized spacial score (nSPS) is 11.6. The molecule has 0 aliphatic rings. The predicted octanol–water partition coefficient (Wildman–Crippen LogP) is 16.3. The van der Waals surface area contributed by atoms with Crippen LogP contribution in [0, 0.1) is 0 Å².